The maximum Gasteiger partial charge on any atom is 0.328 e. The van der Waals surface area contributed by atoms with Crippen molar-refractivity contribution in [3.8, 4) is 11.5 Å². The van der Waals surface area contributed by atoms with Gasteiger partial charge in [0.1, 0.15) is 17.5 Å². The molecule has 1 saturated heterocycles. The zero-order valence-corrected chi connectivity index (χ0v) is 19.4. The first-order chi connectivity index (χ1) is 14.7. The number of ether oxygens (including phenoxy) is 3. The number of rotatable bonds is 10. The van der Waals surface area contributed by atoms with Gasteiger partial charge in [0.05, 0.1) is 20.8 Å². The van der Waals surface area contributed by atoms with Crippen LogP contribution in [-0.4, -0.2) is 56.0 Å². The lowest BCUT2D eigenvalue weighted by Gasteiger charge is -2.35. The molecule has 1 atom stereocenters. The van der Waals surface area contributed by atoms with E-state index in [9.17, 15) is 14.4 Å². The fraction of sp³-hybridized carbons (Fsp3) is 0.625. The Kier molecular flexibility index (Phi) is 8.89. The lowest BCUT2D eigenvalue weighted by Crippen LogP contribution is -2.53. The fourth-order valence-electron chi connectivity index (χ4n) is 3.61. The van der Waals surface area contributed by atoms with Crippen molar-refractivity contribution in [1.82, 2.24) is 4.90 Å². The number of carbonyl (C=O) groups excluding carboxylic acids is 3. The third-order valence-corrected chi connectivity index (χ3v) is 6.05. The van der Waals surface area contributed by atoms with E-state index in [1.165, 1.54) is 4.90 Å². The summed E-state index contributed by atoms with van der Waals surface area (Å²) in [5, 5.41) is 0. The number of carbonyl (C=O) groups is 3. The van der Waals surface area contributed by atoms with E-state index in [-0.39, 0.29) is 6.61 Å². The molecule has 1 aromatic carbocycles. The van der Waals surface area contributed by atoms with Crippen molar-refractivity contribution in [3.05, 3.63) is 23.8 Å². The minimum atomic E-state index is -0.737. The summed E-state index contributed by atoms with van der Waals surface area (Å²) >= 11 is 0. The molecule has 7 nitrogen and oxygen atoms in total. The predicted molar refractivity (Wildman–Crippen MR) is 117 cm³/mol. The third kappa shape index (κ3) is 6.21. The predicted octanol–water partition coefficient (Wildman–Crippen LogP) is 3.57. The number of nitrogens with zero attached hydrogens (tertiary/aromatic N) is 1. The molecule has 0 unspecified atom stereocenters. The van der Waals surface area contributed by atoms with Crippen LogP contribution in [0.4, 0.5) is 0 Å². The molecule has 172 valence electrons. The van der Waals surface area contributed by atoms with E-state index in [0.29, 0.717) is 32.2 Å². The Bertz CT molecular complexity index is 788. The number of benzene rings is 1. The van der Waals surface area contributed by atoms with Crippen molar-refractivity contribution in [2.45, 2.75) is 65.3 Å². The number of hydrogen-bond acceptors (Lipinski definition) is 6. The number of amides is 1. The summed E-state index contributed by atoms with van der Waals surface area (Å²) in [5.41, 5.74) is 0.235. The van der Waals surface area contributed by atoms with Gasteiger partial charge in [0.25, 0.3) is 5.91 Å². The quantitative estimate of drug-likeness (QED) is 0.319. The van der Waals surface area contributed by atoms with E-state index in [4.69, 9.17) is 14.2 Å². The first kappa shape index (κ1) is 24.7. The van der Waals surface area contributed by atoms with Crippen LogP contribution in [0, 0.1) is 5.41 Å². The van der Waals surface area contributed by atoms with Crippen LogP contribution in [0.25, 0.3) is 0 Å². The van der Waals surface area contributed by atoms with Crippen LogP contribution < -0.4 is 9.47 Å². The second-order valence-electron chi connectivity index (χ2n) is 8.53. The largest absolute Gasteiger partial charge is 0.497 e. The molecule has 1 aliphatic rings. The molecule has 1 aliphatic heterocycles. The Morgan fingerprint density at radius 3 is 2.52 bits per heavy atom. The van der Waals surface area contributed by atoms with Gasteiger partial charge in [0, 0.05) is 12.0 Å². The number of piperidine rings is 1. The van der Waals surface area contributed by atoms with Gasteiger partial charge in [-0.2, -0.15) is 0 Å². The molecule has 31 heavy (non-hydrogen) atoms. The highest BCUT2D eigenvalue weighted by Crippen LogP contribution is 2.27. The Morgan fingerprint density at radius 2 is 1.87 bits per heavy atom. The molecular weight excluding hydrogens is 398 g/mol. The fourth-order valence-corrected chi connectivity index (χ4v) is 3.61. The number of Topliss-reactive ketones (excluding diaryl/α,β-unsaturated/α-hetero) is 1. The first-order valence-corrected chi connectivity index (χ1v) is 11.0. The molecule has 0 saturated carbocycles. The van der Waals surface area contributed by atoms with E-state index in [1.54, 1.807) is 28.1 Å². The van der Waals surface area contributed by atoms with Crippen molar-refractivity contribution in [3.63, 3.8) is 0 Å². The van der Waals surface area contributed by atoms with Gasteiger partial charge in [-0.1, -0.05) is 20.8 Å². The number of ketones is 1. The Balaban J connectivity index is 1.94. The highest BCUT2D eigenvalue weighted by Gasteiger charge is 2.40. The van der Waals surface area contributed by atoms with Crippen molar-refractivity contribution in [2.24, 2.45) is 5.41 Å². The molecular formula is C24H35NO6. The minimum Gasteiger partial charge on any atom is -0.497 e. The number of aryl methyl sites for hydroxylation is 1. The summed E-state index contributed by atoms with van der Waals surface area (Å²) in [4.78, 5) is 39.6. The summed E-state index contributed by atoms with van der Waals surface area (Å²) < 4.78 is 16.1. The zero-order chi connectivity index (χ0) is 23.0. The van der Waals surface area contributed by atoms with Gasteiger partial charge < -0.3 is 19.1 Å². The number of likely N-dealkylation sites (tertiary alicyclic amines) is 1. The van der Waals surface area contributed by atoms with Gasteiger partial charge in [0.2, 0.25) is 5.78 Å². The smallest absolute Gasteiger partial charge is 0.328 e. The van der Waals surface area contributed by atoms with Gasteiger partial charge in [0.15, 0.2) is 0 Å². The van der Waals surface area contributed by atoms with Crippen LogP contribution in [0.1, 0.15) is 58.4 Å². The second-order valence-corrected chi connectivity index (χ2v) is 8.53. The molecule has 0 aromatic heterocycles. The van der Waals surface area contributed by atoms with Gasteiger partial charge in [-0.15, -0.1) is 0 Å². The monoisotopic (exact) mass is 433 g/mol. The van der Waals surface area contributed by atoms with Crippen LogP contribution in [0.3, 0.4) is 0 Å². The Hall–Kier alpha value is -2.57. The standard InChI is InChI=1S/C24H35NO6/c1-6-24(2,3)21(26)22(27)25-14-8-7-11-19(25)23(28)31-15-9-10-17-16-18(29-4)12-13-20(17)30-5/h12-13,16,19H,6-11,14-15H2,1-5H3/t19-/m0/s1. The van der Waals surface area contributed by atoms with E-state index in [1.807, 2.05) is 25.1 Å². The SMILES string of the molecule is CCC(C)(C)C(=O)C(=O)N1CCCC[C@H]1C(=O)OCCCc1cc(OC)ccc1OC. The molecule has 7 heteroatoms. The molecule has 0 N–H and O–H groups in total. The van der Waals surface area contributed by atoms with Crippen LogP contribution >= 0.6 is 0 Å². The first-order valence-electron chi connectivity index (χ1n) is 11.0. The third-order valence-electron chi connectivity index (χ3n) is 6.05. The highest BCUT2D eigenvalue weighted by atomic mass is 16.5. The van der Waals surface area contributed by atoms with Crippen LogP contribution in [0.15, 0.2) is 18.2 Å². The molecule has 1 aromatic rings. The Labute approximate surface area is 185 Å². The van der Waals surface area contributed by atoms with E-state index < -0.39 is 29.1 Å². The zero-order valence-electron chi connectivity index (χ0n) is 19.4. The van der Waals surface area contributed by atoms with Crippen molar-refractivity contribution >= 4 is 17.7 Å². The topological polar surface area (TPSA) is 82.1 Å². The molecule has 0 aliphatic carbocycles. The lowest BCUT2D eigenvalue weighted by molar-refractivity contribution is -0.161. The lowest BCUT2D eigenvalue weighted by atomic mass is 9.84. The van der Waals surface area contributed by atoms with Crippen LogP contribution in [-0.2, 0) is 25.5 Å². The van der Waals surface area contributed by atoms with Gasteiger partial charge in [-0.05, 0) is 62.3 Å². The number of hydrogen-bond donors (Lipinski definition) is 0. The van der Waals surface area contributed by atoms with E-state index >= 15 is 0 Å². The van der Waals surface area contributed by atoms with Gasteiger partial charge in [-0.3, -0.25) is 9.59 Å². The molecule has 1 amide bonds. The van der Waals surface area contributed by atoms with E-state index in [0.717, 1.165) is 29.9 Å². The normalized spacial score (nSPS) is 16.5. The molecule has 2 rings (SSSR count). The Morgan fingerprint density at radius 1 is 1.13 bits per heavy atom. The summed E-state index contributed by atoms with van der Waals surface area (Å²) in [6.07, 6.45) is 3.96. The molecule has 1 heterocycles. The maximum atomic E-state index is 12.8. The molecule has 0 bridgehead atoms. The van der Waals surface area contributed by atoms with Crippen molar-refractivity contribution in [1.29, 1.82) is 0 Å². The van der Waals surface area contributed by atoms with Gasteiger partial charge in [-0.25, -0.2) is 4.79 Å². The van der Waals surface area contributed by atoms with Gasteiger partial charge >= 0.3 is 5.97 Å². The maximum absolute atomic E-state index is 12.8. The van der Waals surface area contributed by atoms with Crippen molar-refractivity contribution in [2.75, 3.05) is 27.4 Å². The number of methoxy groups -OCH3 is 2. The van der Waals surface area contributed by atoms with Crippen molar-refractivity contribution < 1.29 is 28.6 Å². The number of esters is 1. The molecule has 0 spiro atoms. The summed E-state index contributed by atoms with van der Waals surface area (Å²) in [6.45, 7) is 6.04. The highest BCUT2D eigenvalue weighted by molar-refractivity contribution is 6.38. The summed E-state index contributed by atoms with van der Waals surface area (Å²) in [5.74, 6) is 0.0410. The molecule has 0 radical (unpaired) electrons. The van der Waals surface area contributed by atoms with E-state index in [2.05, 4.69) is 0 Å². The summed E-state index contributed by atoms with van der Waals surface area (Å²) in [7, 11) is 3.22. The average Bonchev–Trinajstić information content (AvgIpc) is 2.80. The second kappa shape index (κ2) is 11.2. The summed E-state index contributed by atoms with van der Waals surface area (Å²) in [6, 6.07) is 4.89. The van der Waals surface area contributed by atoms with Crippen LogP contribution in [0.5, 0.6) is 11.5 Å². The van der Waals surface area contributed by atoms with Crippen LogP contribution in [0.2, 0.25) is 0 Å². The minimum absolute atomic E-state index is 0.228. The average molecular weight is 434 g/mol. The molecule has 1 fully saturated rings.